The molecule has 0 radical (unpaired) electrons. The van der Waals surface area contributed by atoms with Crippen LogP contribution in [0.4, 0.5) is 13.2 Å². The number of halogens is 3. The molecule has 0 heterocycles. The van der Waals surface area contributed by atoms with Gasteiger partial charge in [-0.25, -0.2) is 0 Å². The number of hydrogen-bond acceptors (Lipinski definition) is 2. The quantitative estimate of drug-likeness (QED) is 0.813. The standard InChI is InChI=1S/C14H16F3NO3/c15-14(16,17)11-4-1-3-10(9-11)7-8-18-12(19)5-2-6-13(20)21/h1,3-4,9H,2,5-8H2,(H,18,19)(H,20,21). The highest BCUT2D eigenvalue weighted by Gasteiger charge is 2.30. The minimum absolute atomic E-state index is 0.0823. The van der Waals surface area contributed by atoms with Crippen molar-refractivity contribution in [2.45, 2.75) is 31.9 Å². The monoisotopic (exact) mass is 303 g/mol. The summed E-state index contributed by atoms with van der Waals surface area (Å²) in [7, 11) is 0. The maximum Gasteiger partial charge on any atom is 0.416 e. The number of amides is 1. The van der Waals surface area contributed by atoms with Gasteiger partial charge in [0.1, 0.15) is 0 Å². The van der Waals surface area contributed by atoms with Crippen molar-refractivity contribution in [2.24, 2.45) is 0 Å². The Morgan fingerprint density at radius 2 is 1.90 bits per heavy atom. The van der Waals surface area contributed by atoms with Crippen molar-refractivity contribution in [3.05, 3.63) is 35.4 Å². The van der Waals surface area contributed by atoms with E-state index in [0.29, 0.717) is 5.56 Å². The Balaban J connectivity index is 2.36. The molecule has 0 saturated heterocycles. The SMILES string of the molecule is O=C(O)CCCC(=O)NCCc1cccc(C(F)(F)F)c1. The lowest BCUT2D eigenvalue weighted by Gasteiger charge is -2.09. The summed E-state index contributed by atoms with van der Waals surface area (Å²) in [5.41, 5.74) is -0.233. The van der Waals surface area contributed by atoms with Crippen molar-refractivity contribution in [1.82, 2.24) is 5.32 Å². The molecule has 0 aliphatic heterocycles. The fourth-order valence-corrected chi connectivity index (χ4v) is 1.74. The van der Waals surface area contributed by atoms with Crippen LogP contribution in [-0.4, -0.2) is 23.5 Å². The van der Waals surface area contributed by atoms with Crippen LogP contribution in [0.25, 0.3) is 0 Å². The molecule has 1 amide bonds. The van der Waals surface area contributed by atoms with Gasteiger partial charge in [-0.15, -0.1) is 0 Å². The molecule has 0 fully saturated rings. The first-order valence-electron chi connectivity index (χ1n) is 6.43. The van der Waals surface area contributed by atoms with E-state index in [2.05, 4.69) is 5.32 Å². The number of nitrogens with one attached hydrogen (secondary N) is 1. The molecule has 7 heteroatoms. The second-order valence-corrected chi connectivity index (χ2v) is 4.55. The van der Waals surface area contributed by atoms with Crippen molar-refractivity contribution < 1.29 is 27.9 Å². The number of hydrogen-bond donors (Lipinski definition) is 2. The predicted octanol–water partition coefficient (Wildman–Crippen LogP) is 2.62. The van der Waals surface area contributed by atoms with Crippen molar-refractivity contribution in [3.63, 3.8) is 0 Å². The maximum atomic E-state index is 12.5. The van der Waals surface area contributed by atoms with Crippen LogP contribution < -0.4 is 5.32 Å². The summed E-state index contributed by atoms with van der Waals surface area (Å²) >= 11 is 0. The van der Waals surface area contributed by atoms with Crippen LogP contribution in [0.3, 0.4) is 0 Å². The topological polar surface area (TPSA) is 66.4 Å². The second kappa shape index (κ2) is 7.66. The fraction of sp³-hybridized carbons (Fsp3) is 0.429. The van der Waals surface area contributed by atoms with Gasteiger partial charge in [-0.2, -0.15) is 13.2 Å². The average Bonchev–Trinajstić information content (AvgIpc) is 2.37. The Hall–Kier alpha value is -2.05. The third-order valence-electron chi connectivity index (χ3n) is 2.78. The normalized spacial score (nSPS) is 11.2. The third-order valence-corrected chi connectivity index (χ3v) is 2.78. The number of rotatable bonds is 7. The van der Waals surface area contributed by atoms with Crippen LogP contribution in [0, 0.1) is 0 Å². The summed E-state index contributed by atoms with van der Waals surface area (Å²) in [5, 5.41) is 11.0. The van der Waals surface area contributed by atoms with E-state index in [1.807, 2.05) is 0 Å². The molecule has 0 bridgehead atoms. The Bertz CT molecular complexity index is 500. The lowest BCUT2D eigenvalue weighted by molar-refractivity contribution is -0.138. The van der Waals surface area contributed by atoms with Gasteiger partial charge in [0, 0.05) is 19.4 Å². The van der Waals surface area contributed by atoms with E-state index in [4.69, 9.17) is 5.11 Å². The Kier molecular flexibility index (Phi) is 6.20. The lowest BCUT2D eigenvalue weighted by atomic mass is 10.1. The van der Waals surface area contributed by atoms with E-state index in [0.717, 1.165) is 12.1 Å². The summed E-state index contributed by atoms with van der Waals surface area (Å²) < 4.78 is 37.5. The summed E-state index contributed by atoms with van der Waals surface area (Å²) in [5.74, 6) is -1.27. The summed E-state index contributed by atoms with van der Waals surface area (Å²) in [6.07, 6.45) is -3.84. The fourth-order valence-electron chi connectivity index (χ4n) is 1.74. The molecular formula is C14H16F3NO3. The molecule has 0 unspecified atom stereocenters. The number of aliphatic carboxylic acids is 1. The summed E-state index contributed by atoms with van der Waals surface area (Å²) in [4.78, 5) is 21.6. The highest BCUT2D eigenvalue weighted by molar-refractivity contribution is 5.76. The Labute approximate surface area is 120 Å². The largest absolute Gasteiger partial charge is 0.481 e. The molecule has 0 saturated carbocycles. The number of benzene rings is 1. The van der Waals surface area contributed by atoms with Gasteiger partial charge in [0.05, 0.1) is 5.56 Å². The van der Waals surface area contributed by atoms with E-state index in [9.17, 15) is 22.8 Å². The van der Waals surface area contributed by atoms with E-state index in [1.54, 1.807) is 6.07 Å². The smallest absolute Gasteiger partial charge is 0.416 e. The molecule has 0 spiro atoms. The van der Waals surface area contributed by atoms with Gasteiger partial charge in [0.2, 0.25) is 5.91 Å². The molecule has 116 valence electrons. The van der Waals surface area contributed by atoms with Crippen molar-refractivity contribution in [3.8, 4) is 0 Å². The number of carboxylic acid groups (broad SMARTS) is 1. The first-order valence-corrected chi connectivity index (χ1v) is 6.43. The molecule has 1 rings (SSSR count). The molecule has 0 aliphatic rings. The van der Waals surface area contributed by atoms with Gasteiger partial charge in [0.25, 0.3) is 0 Å². The van der Waals surface area contributed by atoms with Crippen LogP contribution in [0.5, 0.6) is 0 Å². The number of alkyl halides is 3. The zero-order valence-corrected chi connectivity index (χ0v) is 11.2. The van der Waals surface area contributed by atoms with Crippen molar-refractivity contribution >= 4 is 11.9 Å². The van der Waals surface area contributed by atoms with Gasteiger partial charge in [-0.05, 0) is 24.5 Å². The summed E-state index contributed by atoms with van der Waals surface area (Å²) in [6.45, 7) is 0.215. The van der Waals surface area contributed by atoms with Gasteiger partial charge in [0.15, 0.2) is 0 Å². The maximum absolute atomic E-state index is 12.5. The molecule has 4 nitrogen and oxygen atoms in total. The molecule has 0 aliphatic carbocycles. The van der Waals surface area contributed by atoms with Crippen molar-refractivity contribution in [1.29, 1.82) is 0 Å². The van der Waals surface area contributed by atoms with E-state index in [1.165, 1.54) is 6.07 Å². The summed E-state index contributed by atoms with van der Waals surface area (Å²) in [6, 6.07) is 4.93. The number of carboxylic acids is 1. The lowest BCUT2D eigenvalue weighted by Crippen LogP contribution is -2.25. The minimum Gasteiger partial charge on any atom is -0.481 e. The first kappa shape index (κ1) is 17.0. The Morgan fingerprint density at radius 3 is 2.52 bits per heavy atom. The van der Waals surface area contributed by atoms with Crippen LogP contribution >= 0.6 is 0 Å². The third kappa shape index (κ3) is 6.78. The van der Waals surface area contributed by atoms with Crippen LogP contribution in [0.1, 0.15) is 30.4 Å². The molecule has 0 atom stereocenters. The van der Waals surface area contributed by atoms with E-state index < -0.39 is 17.7 Å². The highest BCUT2D eigenvalue weighted by atomic mass is 19.4. The zero-order chi connectivity index (χ0) is 15.9. The first-order chi connectivity index (χ1) is 9.79. The number of carbonyl (C=O) groups is 2. The van der Waals surface area contributed by atoms with Crippen LogP contribution in [0.2, 0.25) is 0 Å². The molecular weight excluding hydrogens is 287 g/mol. The van der Waals surface area contributed by atoms with Gasteiger partial charge in [-0.3, -0.25) is 9.59 Å². The zero-order valence-electron chi connectivity index (χ0n) is 11.2. The second-order valence-electron chi connectivity index (χ2n) is 4.55. The van der Waals surface area contributed by atoms with E-state index in [-0.39, 0.29) is 38.1 Å². The van der Waals surface area contributed by atoms with Gasteiger partial charge in [-0.1, -0.05) is 18.2 Å². The molecule has 21 heavy (non-hydrogen) atoms. The molecule has 1 aromatic carbocycles. The predicted molar refractivity (Wildman–Crippen MR) is 69.6 cm³/mol. The number of carbonyl (C=O) groups excluding carboxylic acids is 1. The molecule has 2 N–H and O–H groups in total. The van der Waals surface area contributed by atoms with Crippen LogP contribution in [0.15, 0.2) is 24.3 Å². The highest BCUT2D eigenvalue weighted by Crippen LogP contribution is 2.29. The van der Waals surface area contributed by atoms with Crippen molar-refractivity contribution in [2.75, 3.05) is 6.54 Å². The Morgan fingerprint density at radius 1 is 1.19 bits per heavy atom. The average molecular weight is 303 g/mol. The van der Waals surface area contributed by atoms with Crippen LogP contribution in [-0.2, 0) is 22.2 Å². The molecule has 1 aromatic rings. The minimum atomic E-state index is -4.38. The van der Waals surface area contributed by atoms with Gasteiger partial charge < -0.3 is 10.4 Å². The molecule has 0 aromatic heterocycles. The van der Waals surface area contributed by atoms with E-state index >= 15 is 0 Å². The van der Waals surface area contributed by atoms with Gasteiger partial charge >= 0.3 is 12.1 Å².